The molecule has 29 heavy (non-hydrogen) atoms. The first-order valence-corrected chi connectivity index (χ1v) is 9.72. The average Bonchev–Trinajstić information content (AvgIpc) is 3.35. The number of anilines is 1. The largest absolute Gasteiger partial charge is 0.379 e. The van der Waals surface area contributed by atoms with Crippen molar-refractivity contribution in [1.82, 2.24) is 15.0 Å². The van der Waals surface area contributed by atoms with Crippen LogP contribution in [0.5, 0.6) is 0 Å². The fourth-order valence-corrected chi connectivity index (χ4v) is 4.11. The first-order valence-electron chi connectivity index (χ1n) is 8.90. The fourth-order valence-electron chi connectivity index (χ4n) is 3.08. The number of benzene rings is 1. The quantitative estimate of drug-likeness (QED) is 0.580. The molecule has 1 amide bonds. The van der Waals surface area contributed by atoms with Crippen LogP contribution in [0.4, 0.5) is 13.9 Å². The van der Waals surface area contributed by atoms with Crippen LogP contribution in [0.25, 0.3) is 10.2 Å². The number of amides is 1. The minimum Gasteiger partial charge on any atom is -0.379 e. The lowest BCUT2D eigenvalue weighted by molar-refractivity contribution is 0.0376. The van der Waals surface area contributed by atoms with Gasteiger partial charge in [0.25, 0.3) is 5.91 Å². The summed E-state index contributed by atoms with van der Waals surface area (Å²) in [7, 11) is 0. The second kappa shape index (κ2) is 9.57. The van der Waals surface area contributed by atoms with Gasteiger partial charge in [0.2, 0.25) is 5.76 Å². The smallest absolute Gasteiger partial charge is 0.298 e. The van der Waals surface area contributed by atoms with Gasteiger partial charge in [-0.2, -0.15) is 0 Å². The summed E-state index contributed by atoms with van der Waals surface area (Å²) in [6.07, 6.45) is 2.07. The first kappa shape index (κ1) is 21.6. The maximum Gasteiger partial charge on any atom is 0.298 e. The van der Waals surface area contributed by atoms with Crippen LogP contribution in [0.1, 0.15) is 17.0 Å². The SMILES string of the molecule is Cl.O=C(c1ccno1)N(CCCN1CCOCC1)c1nc2c(F)cc(F)cc2s1. The highest BCUT2D eigenvalue weighted by Crippen LogP contribution is 2.32. The third kappa shape index (κ3) is 4.89. The van der Waals surface area contributed by atoms with Gasteiger partial charge in [-0.3, -0.25) is 14.6 Å². The van der Waals surface area contributed by atoms with Gasteiger partial charge in [0.05, 0.1) is 24.1 Å². The molecule has 3 aromatic rings. The molecule has 1 aromatic carbocycles. The van der Waals surface area contributed by atoms with Crippen LogP contribution in [0.2, 0.25) is 0 Å². The molecule has 0 N–H and O–H groups in total. The van der Waals surface area contributed by atoms with Gasteiger partial charge in [-0.25, -0.2) is 13.8 Å². The zero-order valence-corrected chi connectivity index (χ0v) is 17.0. The Bertz CT molecular complexity index is 964. The summed E-state index contributed by atoms with van der Waals surface area (Å²) in [5.41, 5.74) is 0.0462. The molecule has 0 atom stereocenters. The van der Waals surface area contributed by atoms with Crippen molar-refractivity contribution < 1.29 is 22.8 Å². The number of carbonyl (C=O) groups is 1. The third-order valence-corrected chi connectivity index (χ3v) is 5.51. The van der Waals surface area contributed by atoms with E-state index in [1.165, 1.54) is 23.2 Å². The van der Waals surface area contributed by atoms with Gasteiger partial charge < -0.3 is 9.26 Å². The lowest BCUT2D eigenvalue weighted by Gasteiger charge is -2.27. The topological polar surface area (TPSA) is 71.7 Å². The Labute approximate surface area is 175 Å². The van der Waals surface area contributed by atoms with Crippen molar-refractivity contribution >= 4 is 45.0 Å². The lowest BCUT2D eigenvalue weighted by atomic mass is 10.3. The van der Waals surface area contributed by atoms with Crippen molar-refractivity contribution in [2.45, 2.75) is 6.42 Å². The number of hydrogen-bond donors (Lipinski definition) is 0. The minimum atomic E-state index is -0.752. The molecule has 0 radical (unpaired) electrons. The maximum absolute atomic E-state index is 14.0. The van der Waals surface area contributed by atoms with Gasteiger partial charge in [0.1, 0.15) is 11.3 Å². The molecule has 3 heterocycles. The number of fused-ring (bicyclic) bond motifs is 1. The average molecular weight is 445 g/mol. The molecule has 11 heteroatoms. The Hall–Kier alpha value is -2.14. The summed E-state index contributed by atoms with van der Waals surface area (Å²) in [5.74, 6) is -1.78. The number of halogens is 3. The monoisotopic (exact) mass is 444 g/mol. The molecule has 1 fully saturated rings. The minimum absolute atomic E-state index is 0. The number of morpholine rings is 1. The molecule has 4 rings (SSSR count). The van der Waals surface area contributed by atoms with E-state index >= 15 is 0 Å². The molecule has 0 unspecified atom stereocenters. The predicted octanol–water partition coefficient (Wildman–Crippen LogP) is 3.35. The zero-order chi connectivity index (χ0) is 19.5. The molecular formula is C18H19ClF2N4O3S. The summed E-state index contributed by atoms with van der Waals surface area (Å²) >= 11 is 1.06. The van der Waals surface area contributed by atoms with Crippen LogP contribution in [0.3, 0.4) is 0 Å². The van der Waals surface area contributed by atoms with E-state index < -0.39 is 17.5 Å². The van der Waals surface area contributed by atoms with Crippen LogP contribution in [-0.4, -0.2) is 60.3 Å². The van der Waals surface area contributed by atoms with Crippen molar-refractivity contribution in [2.24, 2.45) is 0 Å². The number of aromatic nitrogens is 2. The standard InChI is InChI=1S/C18H18F2N4O3S.ClH/c19-12-10-13(20)16-15(11-12)28-18(22-16)24(17(25)14-2-3-21-27-14)5-1-4-23-6-8-26-9-7-23;/h2-3,10-11H,1,4-9H2;1H. The Morgan fingerprint density at radius 3 is 2.79 bits per heavy atom. The number of hydrogen-bond acceptors (Lipinski definition) is 7. The molecule has 1 saturated heterocycles. The Kier molecular flexibility index (Phi) is 7.12. The van der Waals surface area contributed by atoms with Gasteiger partial charge in [-0.15, -0.1) is 12.4 Å². The summed E-state index contributed by atoms with van der Waals surface area (Å²) in [4.78, 5) is 20.8. The second-order valence-electron chi connectivity index (χ2n) is 6.37. The summed E-state index contributed by atoms with van der Waals surface area (Å²) in [5, 5.41) is 3.86. The molecule has 0 saturated carbocycles. The highest BCUT2D eigenvalue weighted by Gasteiger charge is 2.25. The van der Waals surface area contributed by atoms with Gasteiger partial charge in [0, 0.05) is 38.3 Å². The summed E-state index contributed by atoms with van der Waals surface area (Å²) < 4.78 is 38.2. The van der Waals surface area contributed by atoms with Gasteiger partial charge in [-0.1, -0.05) is 16.5 Å². The van der Waals surface area contributed by atoms with E-state index in [1.807, 2.05) is 0 Å². The van der Waals surface area contributed by atoms with E-state index in [2.05, 4.69) is 15.0 Å². The number of carbonyl (C=O) groups excluding carboxylic acids is 1. The fraction of sp³-hybridized carbons (Fsp3) is 0.389. The van der Waals surface area contributed by atoms with Crippen LogP contribution in [0, 0.1) is 11.6 Å². The summed E-state index contributed by atoms with van der Waals surface area (Å²) in [6.45, 7) is 4.24. The maximum atomic E-state index is 14.0. The third-order valence-electron chi connectivity index (χ3n) is 4.49. The normalized spacial score (nSPS) is 14.7. The van der Waals surface area contributed by atoms with Crippen molar-refractivity contribution in [3.63, 3.8) is 0 Å². The molecule has 0 aliphatic carbocycles. The molecule has 2 aromatic heterocycles. The predicted molar refractivity (Wildman–Crippen MR) is 107 cm³/mol. The zero-order valence-electron chi connectivity index (χ0n) is 15.3. The molecule has 0 spiro atoms. The van der Waals surface area contributed by atoms with Crippen LogP contribution >= 0.6 is 23.7 Å². The van der Waals surface area contributed by atoms with Crippen LogP contribution < -0.4 is 4.90 Å². The number of nitrogens with zero attached hydrogens (tertiary/aromatic N) is 4. The Balaban J connectivity index is 0.00000240. The highest BCUT2D eigenvalue weighted by molar-refractivity contribution is 7.22. The van der Waals surface area contributed by atoms with Crippen molar-refractivity contribution in [3.05, 3.63) is 41.8 Å². The Morgan fingerprint density at radius 1 is 1.28 bits per heavy atom. The van der Waals surface area contributed by atoms with Gasteiger partial charge in [0.15, 0.2) is 10.9 Å². The lowest BCUT2D eigenvalue weighted by Crippen LogP contribution is -2.39. The van der Waals surface area contributed by atoms with E-state index in [4.69, 9.17) is 9.26 Å². The molecule has 7 nitrogen and oxygen atoms in total. The summed E-state index contributed by atoms with van der Waals surface area (Å²) in [6, 6.07) is 3.46. The van der Waals surface area contributed by atoms with E-state index in [1.54, 1.807) is 0 Å². The molecule has 156 valence electrons. The highest BCUT2D eigenvalue weighted by atomic mass is 35.5. The molecule has 0 bridgehead atoms. The van der Waals surface area contributed by atoms with E-state index in [-0.39, 0.29) is 23.7 Å². The van der Waals surface area contributed by atoms with Gasteiger partial charge >= 0.3 is 0 Å². The second-order valence-corrected chi connectivity index (χ2v) is 7.38. The number of thiazole rings is 1. The van der Waals surface area contributed by atoms with E-state index in [0.29, 0.717) is 36.0 Å². The van der Waals surface area contributed by atoms with E-state index in [9.17, 15) is 13.6 Å². The van der Waals surface area contributed by atoms with Crippen LogP contribution in [-0.2, 0) is 4.74 Å². The van der Waals surface area contributed by atoms with Gasteiger partial charge in [-0.05, 0) is 12.5 Å². The first-order chi connectivity index (χ1) is 13.6. The number of ether oxygens (including phenoxy) is 1. The molecule has 1 aliphatic rings. The Morgan fingerprint density at radius 2 is 2.07 bits per heavy atom. The molecule has 1 aliphatic heterocycles. The van der Waals surface area contributed by atoms with Crippen molar-refractivity contribution in [3.8, 4) is 0 Å². The van der Waals surface area contributed by atoms with E-state index in [0.717, 1.165) is 37.0 Å². The number of rotatable bonds is 6. The van der Waals surface area contributed by atoms with Crippen molar-refractivity contribution in [2.75, 3.05) is 44.3 Å². The molecular weight excluding hydrogens is 426 g/mol. The van der Waals surface area contributed by atoms with Crippen molar-refractivity contribution in [1.29, 1.82) is 0 Å². The van der Waals surface area contributed by atoms with Crippen LogP contribution in [0.15, 0.2) is 28.9 Å².